The summed E-state index contributed by atoms with van der Waals surface area (Å²) in [4.78, 5) is 14.1. The fraction of sp³-hybridized carbons (Fsp3) is 0.588. The number of ether oxygens (including phenoxy) is 2. The third-order valence-corrected chi connectivity index (χ3v) is 4.66. The third-order valence-electron chi connectivity index (χ3n) is 4.66. The molecule has 21 heavy (non-hydrogen) atoms. The Morgan fingerprint density at radius 2 is 1.90 bits per heavy atom. The quantitative estimate of drug-likeness (QED) is 0.797. The molecule has 0 N–H and O–H groups in total. The SMILES string of the molecule is COC(=O)CC1CC2COCC(C1)N2Cc1ccccc1. The smallest absolute Gasteiger partial charge is 0.305 e. The Hall–Kier alpha value is -1.39. The molecule has 0 aliphatic carbocycles. The fourth-order valence-electron chi connectivity index (χ4n) is 3.64. The van der Waals surface area contributed by atoms with E-state index in [1.165, 1.54) is 12.7 Å². The van der Waals surface area contributed by atoms with Gasteiger partial charge in [-0.1, -0.05) is 30.3 Å². The van der Waals surface area contributed by atoms with Crippen molar-refractivity contribution in [1.29, 1.82) is 0 Å². The number of methoxy groups -OCH3 is 1. The minimum Gasteiger partial charge on any atom is -0.469 e. The van der Waals surface area contributed by atoms with Crippen LogP contribution in [0.3, 0.4) is 0 Å². The number of esters is 1. The van der Waals surface area contributed by atoms with Gasteiger partial charge >= 0.3 is 5.97 Å². The molecule has 3 rings (SSSR count). The molecule has 2 unspecified atom stereocenters. The Bertz CT molecular complexity index is 462. The van der Waals surface area contributed by atoms with Gasteiger partial charge in [-0.3, -0.25) is 9.69 Å². The molecule has 2 fully saturated rings. The first-order valence-electron chi connectivity index (χ1n) is 7.70. The van der Waals surface area contributed by atoms with Crippen molar-refractivity contribution in [2.24, 2.45) is 5.92 Å². The van der Waals surface area contributed by atoms with Crippen LogP contribution in [0.15, 0.2) is 30.3 Å². The predicted octanol–water partition coefficient (Wildman–Crippen LogP) is 2.23. The molecular formula is C17H23NO3. The maximum atomic E-state index is 11.5. The molecule has 1 aromatic carbocycles. The van der Waals surface area contributed by atoms with Crippen LogP contribution in [-0.4, -0.2) is 43.3 Å². The maximum absolute atomic E-state index is 11.5. The molecule has 0 aromatic heterocycles. The molecule has 2 atom stereocenters. The number of rotatable bonds is 4. The van der Waals surface area contributed by atoms with Gasteiger partial charge in [0.2, 0.25) is 0 Å². The minimum atomic E-state index is -0.0875. The number of carbonyl (C=O) groups excluding carboxylic acids is 1. The van der Waals surface area contributed by atoms with E-state index in [1.54, 1.807) is 0 Å². The lowest BCUT2D eigenvalue weighted by Crippen LogP contribution is -2.56. The number of benzene rings is 1. The molecule has 2 saturated heterocycles. The molecular weight excluding hydrogens is 266 g/mol. The molecule has 0 radical (unpaired) electrons. The van der Waals surface area contributed by atoms with Crippen molar-refractivity contribution in [3.05, 3.63) is 35.9 Å². The van der Waals surface area contributed by atoms with Crippen LogP contribution in [0.4, 0.5) is 0 Å². The van der Waals surface area contributed by atoms with Crippen molar-refractivity contribution >= 4 is 5.97 Å². The van der Waals surface area contributed by atoms with E-state index in [1.807, 2.05) is 0 Å². The van der Waals surface area contributed by atoms with E-state index in [2.05, 4.69) is 35.2 Å². The standard InChI is InChI=1S/C17H23NO3/c1-20-17(19)9-14-7-15-11-21-12-16(8-14)18(15)10-13-5-3-2-4-6-13/h2-6,14-16H,7-12H2,1H3. The minimum absolute atomic E-state index is 0.0875. The molecule has 0 spiro atoms. The summed E-state index contributed by atoms with van der Waals surface area (Å²) in [6.45, 7) is 2.53. The monoisotopic (exact) mass is 289 g/mol. The van der Waals surface area contributed by atoms with Gasteiger partial charge in [-0.15, -0.1) is 0 Å². The van der Waals surface area contributed by atoms with Gasteiger partial charge in [-0.05, 0) is 24.3 Å². The van der Waals surface area contributed by atoms with Gasteiger partial charge in [0, 0.05) is 25.0 Å². The van der Waals surface area contributed by atoms with E-state index >= 15 is 0 Å². The van der Waals surface area contributed by atoms with Crippen molar-refractivity contribution < 1.29 is 14.3 Å². The third kappa shape index (κ3) is 3.44. The molecule has 2 aliphatic rings. The molecule has 2 aliphatic heterocycles. The summed E-state index contributed by atoms with van der Waals surface area (Å²) in [6.07, 6.45) is 2.60. The van der Waals surface area contributed by atoms with Crippen LogP contribution in [0.25, 0.3) is 0 Å². The van der Waals surface area contributed by atoms with Gasteiger partial charge in [-0.2, -0.15) is 0 Å². The second kappa shape index (κ2) is 6.58. The van der Waals surface area contributed by atoms with E-state index < -0.39 is 0 Å². The van der Waals surface area contributed by atoms with Crippen molar-refractivity contribution in [2.45, 2.75) is 37.9 Å². The van der Waals surface area contributed by atoms with Crippen molar-refractivity contribution in [3.8, 4) is 0 Å². The Kier molecular flexibility index (Phi) is 4.56. The second-order valence-corrected chi connectivity index (χ2v) is 6.12. The van der Waals surface area contributed by atoms with Crippen LogP contribution >= 0.6 is 0 Å². The van der Waals surface area contributed by atoms with E-state index in [4.69, 9.17) is 9.47 Å². The highest BCUT2D eigenvalue weighted by Crippen LogP contribution is 2.34. The summed E-state index contributed by atoms with van der Waals surface area (Å²) in [5.41, 5.74) is 1.35. The van der Waals surface area contributed by atoms with Crippen molar-refractivity contribution in [1.82, 2.24) is 4.90 Å². The fourth-order valence-corrected chi connectivity index (χ4v) is 3.64. The van der Waals surface area contributed by atoms with Gasteiger partial charge in [-0.25, -0.2) is 0 Å². The summed E-state index contributed by atoms with van der Waals surface area (Å²) < 4.78 is 10.5. The molecule has 0 amide bonds. The Labute approximate surface area is 126 Å². The highest BCUT2D eigenvalue weighted by molar-refractivity contribution is 5.69. The summed E-state index contributed by atoms with van der Waals surface area (Å²) >= 11 is 0. The average Bonchev–Trinajstić information content (AvgIpc) is 2.49. The zero-order valence-electron chi connectivity index (χ0n) is 12.5. The number of hydrogen-bond acceptors (Lipinski definition) is 4. The van der Waals surface area contributed by atoms with Crippen LogP contribution in [0.1, 0.15) is 24.8 Å². The highest BCUT2D eigenvalue weighted by Gasteiger charge is 2.39. The van der Waals surface area contributed by atoms with Crippen LogP contribution in [0.2, 0.25) is 0 Å². The lowest BCUT2D eigenvalue weighted by molar-refractivity contribution is -0.144. The maximum Gasteiger partial charge on any atom is 0.305 e. The lowest BCUT2D eigenvalue weighted by Gasteiger charge is -2.48. The van der Waals surface area contributed by atoms with Crippen LogP contribution in [0.5, 0.6) is 0 Å². The van der Waals surface area contributed by atoms with Gasteiger partial charge in [0.05, 0.1) is 20.3 Å². The number of piperidine rings is 1. The van der Waals surface area contributed by atoms with Crippen molar-refractivity contribution in [3.63, 3.8) is 0 Å². The zero-order chi connectivity index (χ0) is 14.7. The Morgan fingerprint density at radius 1 is 1.24 bits per heavy atom. The van der Waals surface area contributed by atoms with Crippen LogP contribution < -0.4 is 0 Å². The van der Waals surface area contributed by atoms with Gasteiger partial charge in [0.1, 0.15) is 0 Å². The first kappa shape index (κ1) is 14.5. The summed E-state index contributed by atoms with van der Waals surface area (Å²) in [5.74, 6) is 0.346. The molecule has 114 valence electrons. The Balaban J connectivity index is 1.66. The Morgan fingerprint density at radius 3 is 2.52 bits per heavy atom. The number of hydrogen-bond donors (Lipinski definition) is 0. The van der Waals surface area contributed by atoms with E-state index in [0.29, 0.717) is 24.4 Å². The number of nitrogens with zero attached hydrogens (tertiary/aromatic N) is 1. The first-order valence-corrected chi connectivity index (χ1v) is 7.70. The molecule has 2 heterocycles. The van der Waals surface area contributed by atoms with E-state index in [-0.39, 0.29) is 5.97 Å². The molecule has 4 nitrogen and oxygen atoms in total. The van der Waals surface area contributed by atoms with Crippen LogP contribution in [-0.2, 0) is 20.8 Å². The van der Waals surface area contributed by atoms with E-state index in [0.717, 1.165) is 32.6 Å². The largest absolute Gasteiger partial charge is 0.469 e. The van der Waals surface area contributed by atoms with Gasteiger partial charge in [0.15, 0.2) is 0 Å². The topological polar surface area (TPSA) is 38.8 Å². The number of carbonyl (C=O) groups is 1. The molecule has 1 aromatic rings. The lowest BCUT2D eigenvalue weighted by atomic mass is 9.83. The number of fused-ring (bicyclic) bond motifs is 2. The van der Waals surface area contributed by atoms with Crippen molar-refractivity contribution in [2.75, 3.05) is 20.3 Å². The summed E-state index contributed by atoms with van der Waals surface area (Å²) in [7, 11) is 1.47. The van der Waals surface area contributed by atoms with E-state index in [9.17, 15) is 4.79 Å². The predicted molar refractivity (Wildman–Crippen MR) is 79.7 cm³/mol. The molecule has 2 bridgehead atoms. The van der Waals surface area contributed by atoms with Gasteiger partial charge < -0.3 is 9.47 Å². The molecule has 4 heteroatoms. The molecule has 0 saturated carbocycles. The summed E-state index contributed by atoms with van der Waals surface area (Å²) in [5, 5.41) is 0. The van der Waals surface area contributed by atoms with Gasteiger partial charge in [0.25, 0.3) is 0 Å². The zero-order valence-corrected chi connectivity index (χ0v) is 12.5. The summed E-state index contributed by atoms with van der Waals surface area (Å²) in [6, 6.07) is 11.4. The normalized spacial score (nSPS) is 29.1. The second-order valence-electron chi connectivity index (χ2n) is 6.12. The van der Waals surface area contributed by atoms with Crippen LogP contribution in [0, 0.1) is 5.92 Å². The number of morpholine rings is 1. The average molecular weight is 289 g/mol. The highest BCUT2D eigenvalue weighted by atomic mass is 16.5. The first-order chi connectivity index (χ1) is 10.3.